The van der Waals surface area contributed by atoms with Gasteiger partial charge in [0.05, 0.1) is 16.7 Å². The van der Waals surface area contributed by atoms with Crippen molar-refractivity contribution in [2.75, 3.05) is 0 Å². The molecule has 0 amide bonds. The van der Waals surface area contributed by atoms with Crippen LogP contribution in [0.3, 0.4) is 0 Å². The molecule has 12 rings (SSSR count). The van der Waals surface area contributed by atoms with Crippen molar-refractivity contribution < 1.29 is 4.42 Å². The lowest BCUT2D eigenvalue weighted by Crippen LogP contribution is -2.24. The first-order valence-electron chi connectivity index (χ1n) is 19.3. The molecule has 11 aromatic rings. The Kier molecular flexibility index (Phi) is 7.16. The lowest BCUT2D eigenvalue weighted by molar-refractivity contribution is 0.666. The second-order valence-electron chi connectivity index (χ2n) is 14.7. The van der Waals surface area contributed by atoms with Crippen molar-refractivity contribution in [1.29, 1.82) is 0 Å². The molecule has 0 N–H and O–H groups in total. The number of furan rings is 1. The maximum Gasteiger partial charge on any atom is 0.163 e. The zero-order valence-electron chi connectivity index (χ0n) is 30.6. The maximum absolute atomic E-state index is 6.69. The van der Waals surface area contributed by atoms with Gasteiger partial charge >= 0.3 is 0 Å². The van der Waals surface area contributed by atoms with Gasteiger partial charge in [-0.1, -0.05) is 140 Å². The van der Waals surface area contributed by atoms with E-state index in [2.05, 4.69) is 144 Å². The number of aromatic nitrogens is 4. The molecule has 268 valence electrons. The number of hydrogen-bond donors (Lipinski definition) is 0. The van der Waals surface area contributed by atoms with Crippen LogP contribution in [0.1, 0.15) is 18.2 Å². The molecule has 5 nitrogen and oxygen atoms in total. The van der Waals surface area contributed by atoms with Gasteiger partial charge in [0.2, 0.25) is 0 Å². The number of thiophene rings is 1. The van der Waals surface area contributed by atoms with E-state index in [-0.39, 0.29) is 5.92 Å². The molecule has 4 heterocycles. The third-order valence-corrected chi connectivity index (χ3v) is 12.5. The van der Waals surface area contributed by atoms with Crippen molar-refractivity contribution in [2.24, 2.45) is 0 Å². The largest absolute Gasteiger partial charge is 0.454 e. The van der Waals surface area contributed by atoms with Crippen molar-refractivity contribution in [3.63, 3.8) is 0 Å². The predicted molar refractivity (Wildman–Crippen MR) is 235 cm³/mol. The number of rotatable bonds is 5. The molecular formula is C51H32N4OS. The van der Waals surface area contributed by atoms with Crippen LogP contribution in [0.15, 0.2) is 168 Å². The van der Waals surface area contributed by atoms with Crippen LogP contribution in [-0.4, -0.2) is 19.5 Å². The first-order valence-corrected chi connectivity index (χ1v) is 20.1. The van der Waals surface area contributed by atoms with Gasteiger partial charge in [-0.2, -0.15) is 0 Å². The Labute approximate surface area is 331 Å². The Hall–Kier alpha value is -7.15. The first-order chi connectivity index (χ1) is 28.2. The molecule has 0 aliphatic heterocycles. The van der Waals surface area contributed by atoms with Crippen molar-refractivity contribution >= 4 is 77.3 Å². The molecule has 1 aliphatic rings. The summed E-state index contributed by atoms with van der Waals surface area (Å²) in [5.41, 5.74) is 9.48. The monoisotopic (exact) mass is 748 g/mol. The minimum atomic E-state index is 0.0343. The van der Waals surface area contributed by atoms with Crippen molar-refractivity contribution in [1.82, 2.24) is 19.5 Å². The molecule has 0 saturated carbocycles. The van der Waals surface area contributed by atoms with E-state index in [0.29, 0.717) is 11.6 Å². The highest BCUT2D eigenvalue weighted by Crippen LogP contribution is 2.39. The Bertz CT molecular complexity index is 3400. The fraction of sp³-hybridized carbons (Fsp3) is 0.0392. The van der Waals surface area contributed by atoms with E-state index in [1.807, 2.05) is 47.7 Å². The van der Waals surface area contributed by atoms with E-state index in [4.69, 9.17) is 19.4 Å². The second-order valence-corrected chi connectivity index (χ2v) is 15.8. The Morgan fingerprint density at radius 1 is 0.526 bits per heavy atom. The van der Waals surface area contributed by atoms with Crippen LogP contribution >= 0.6 is 11.3 Å². The number of hydrogen-bond acceptors (Lipinski definition) is 5. The van der Waals surface area contributed by atoms with Gasteiger partial charge in [0.25, 0.3) is 0 Å². The van der Waals surface area contributed by atoms with E-state index in [0.717, 1.165) is 51.0 Å². The van der Waals surface area contributed by atoms with Gasteiger partial charge < -0.3 is 8.98 Å². The third-order valence-electron chi connectivity index (χ3n) is 11.4. The molecule has 6 heteroatoms. The smallest absolute Gasteiger partial charge is 0.163 e. The van der Waals surface area contributed by atoms with Gasteiger partial charge in [-0.25, -0.2) is 15.0 Å². The van der Waals surface area contributed by atoms with Crippen LogP contribution in [0.4, 0.5) is 0 Å². The summed E-state index contributed by atoms with van der Waals surface area (Å²) in [5.74, 6) is 2.22. The lowest BCUT2D eigenvalue weighted by Gasteiger charge is -2.14. The molecular weight excluding hydrogens is 717 g/mol. The Morgan fingerprint density at radius 3 is 1.88 bits per heavy atom. The minimum absolute atomic E-state index is 0.0343. The van der Waals surface area contributed by atoms with Crippen molar-refractivity contribution in [3.05, 3.63) is 179 Å². The normalized spacial score (nSPS) is 14.0. The maximum atomic E-state index is 6.69. The third kappa shape index (κ3) is 5.18. The number of para-hydroxylation sites is 3. The van der Waals surface area contributed by atoms with Gasteiger partial charge in [0.1, 0.15) is 11.4 Å². The van der Waals surface area contributed by atoms with Gasteiger partial charge in [-0.15, -0.1) is 11.3 Å². The van der Waals surface area contributed by atoms with Crippen LogP contribution in [0.25, 0.3) is 106 Å². The molecule has 1 unspecified atom stereocenters. The molecule has 7 aromatic carbocycles. The summed E-state index contributed by atoms with van der Waals surface area (Å²) in [4.78, 5) is 15.0. The molecule has 57 heavy (non-hydrogen) atoms. The zero-order chi connectivity index (χ0) is 37.5. The van der Waals surface area contributed by atoms with E-state index in [9.17, 15) is 0 Å². The Morgan fingerprint density at radius 2 is 1.16 bits per heavy atom. The van der Waals surface area contributed by atoms with Crippen LogP contribution in [0.2, 0.25) is 0 Å². The van der Waals surface area contributed by atoms with Gasteiger partial charge in [0.15, 0.2) is 17.2 Å². The molecule has 1 aliphatic carbocycles. The van der Waals surface area contributed by atoms with E-state index in [1.54, 1.807) is 0 Å². The lowest BCUT2D eigenvalue weighted by atomic mass is 9.97. The Balaban J connectivity index is 0.940. The van der Waals surface area contributed by atoms with E-state index < -0.39 is 0 Å². The molecule has 0 saturated heterocycles. The summed E-state index contributed by atoms with van der Waals surface area (Å²) in [6, 6.07) is 57.6. The number of fused-ring (bicyclic) bond motifs is 9. The minimum Gasteiger partial charge on any atom is -0.454 e. The number of nitrogens with zero attached hydrogens (tertiary/aromatic N) is 4. The van der Waals surface area contributed by atoms with Crippen LogP contribution in [0, 0.1) is 0 Å². The van der Waals surface area contributed by atoms with E-state index in [1.165, 1.54) is 52.8 Å². The summed E-state index contributed by atoms with van der Waals surface area (Å²) in [6.45, 7) is 0. The molecule has 0 bridgehead atoms. The zero-order valence-corrected chi connectivity index (χ0v) is 31.4. The molecule has 0 fully saturated rings. The van der Waals surface area contributed by atoms with Crippen LogP contribution in [0.5, 0.6) is 0 Å². The second kappa shape index (κ2) is 12.7. The highest BCUT2D eigenvalue weighted by atomic mass is 32.1. The summed E-state index contributed by atoms with van der Waals surface area (Å²) in [7, 11) is 0. The van der Waals surface area contributed by atoms with Gasteiger partial charge in [-0.3, -0.25) is 0 Å². The fourth-order valence-electron chi connectivity index (χ4n) is 8.63. The molecule has 4 aromatic heterocycles. The fourth-order valence-corrected chi connectivity index (χ4v) is 9.81. The molecule has 0 radical (unpaired) electrons. The van der Waals surface area contributed by atoms with E-state index >= 15 is 0 Å². The average Bonchev–Trinajstić information content (AvgIpc) is 3.95. The first kappa shape index (κ1) is 32.1. The summed E-state index contributed by atoms with van der Waals surface area (Å²) >= 11 is 1.85. The standard InChI is InChI=1S/C51H32N4OS/c1-3-12-31(13-4-1)49-52-50(32-14-5-2-6-15-32)54-51(53-49)35-24-27-46-41(29-35)38-25-22-34(30-47(38)57-46)33-23-26-45-40(28-33)39-18-11-21-44(48(39)56-45)55-42-19-9-7-16-36(42)37-17-8-10-20-43(37)55/h1-23,25-30,35H,24H2. The van der Waals surface area contributed by atoms with Crippen molar-refractivity contribution in [2.45, 2.75) is 12.3 Å². The highest BCUT2D eigenvalue weighted by molar-refractivity contribution is 7.17. The highest BCUT2D eigenvalue weighted by Gasteiger charge is 2.21. The SMILES string of the molecule is C1=c2sc3cc(-c4ccc5oc6c(-n7c8ccccc8c8ccccc87)cccc6c5c4)ccc3c2=CC(c2nc(-c3ccccc3)nc(-c3ccccc3)n2)C1. The summed E-state index contributed by atoms with van der Waals surface area (Å²) < 4.78 is 11.6. The van der Waals surface area contributed by atoms with Gasteiger partial charge in [0, 0.05) is 53.2 Å². The quantitative estimate of drug-likeness (QED) is 0.176. The topological polar surface area (TPSA) is 56.7 Å². The van der Waals surface area contributed by atoms with Crippen LogP contribution in [-0.2, 0) is 0 Å². The number of benzene rings is 7. The summed E-state index contributed by atoms with van der Waals surface area (Å²) in [6.07, 6.45) is 5.56. The molecule has 1 atom stereocenters. The predicted octanol–water partition coefficient (Wildman–Crippen LogP) is 11.8. The van der Waals surface area contributed by atoms with Crippen molar-refractivity contribution in [3.8, 4) is 39.6 Å². The average molecular weight is 749 g/mol. The van der Waals surface area contributed by atoms with Crippen LogP contribution < -0.4 is 9.75 Å². The molecule has 0 spiro atoms. The van der Waals surface area contributed by atoms with Gasteiger partial charge in [-0.05, 0) is 59.2 Å². The summed E-state index contributed by atoms with van der Waals surface area (Å²) in [5, 5.41) is 7.21.